The summed E-state index contributed by atoms with van der Waals surface area (Å²) in [6.07, 6.45) is 1.62. The van der Waals surface area contributed by atoms with Crippen molar-refractivity contribution in [2.75, 3.05) is 19.0 Å². The highest BCUT2D eigenvalue weighted by Crippen LogP contribution is 2.33. The molecule has 1 aliphatic heterocycles. The van der Waals surface area contributed by atoms with Gasteiger partial charge in [-0.2, -0.15) is 20.2 Å². The summed E-state index contributed by atoms with van der Waals surface area (Å²) < 4.78 is 26.5. The van der Waals surface area contributed by atoms with Crippen LogP contribution < -0.4 is 14.8 Å². The molecule has 0 bridgehead atoms. The molecule has 2 aromatic carbocycles. The number of halogens is 1. The Bertz CT molecular complexity index is 1360. The third-order valence-corrected chi connectivity index (χ3v) is 5.27. The topological polar surface area (TPSA) is 97.9 Å². The molecule has 0 atom stereocenters. The fourth-order valence-corrected chi connectivity index (χ4v) is 3.79. The molecule has 3 heterocycles. The van der Waals surface area contributed by atoms with Crippen molar-refractivity contribution in [2.24, 2.45) is 0 Å². The van der Waals surface area contributed by atoms with Crippen LogP contribution in [0.25, 0.3) is 17.0 Å². The molecule has 0 saturated heterocycles. The maximum Gasteiger partial charge on any atom is 0.304 e. The largest absolute Gasteiger partial charge is 0.477 e. The first-order chi connectivity index (χ1) is 15.7. The van der Waals surface area contributed by atoms with E-state index in [0.29, 0.717) is 47.4 Å². The monoisotopic (exact) mass is 430 g/mol. The lowest BCUT2D eigenvalue weighted by Crippen LogP contribution is -2.17. The average molecular weight is 430 g/mol. The minimum atomic E-state index is -0.291. The fourth-order valence-electron chi connectivity index (χ4n) is 3.79. The van der Waals surface area contributed by atoms with Crippen molar-refractivity contribution >= 4 is 16.9 Å². The van der Waals surface area contributed by atoms with Crippen LogP contribution in [0.15, 0.2) is 42.5 Å². The zero-order valence-corrected chi connectivity index (χ0v) is 17.3. The van der Waals surface area contributed by atoms with Crippen molar-refractivity contribution in [3.8, 4) is 23.9 Å². The number of fused-ring (bicyclic) bond motifs is 2. The number of anilines is 1. The minimum absolute atomic E-state index is 0.259. The Labute approximate surface area is 183 Å². The molecule has 4 aromatic rings. The fraction of sp³-hybridized carbons (Fsp3) is 0.217. The molecule has 9 heteroatoms. The second kappa shape index (κ2) is 8.15. The van der Waals surface area contributed by atoms with Crippen LogP contribution in [-0.4, -0.2) is 33.2 Å². The van der Waals surface area contributed by atoms with Gasteiger partial charge in [-0.1, -0.05) is 18.2 Å². The number of nitrogens with one attached hydrogen (secondary N) is 1. The molecule has 0 amide bonds. The number of para-hydroxylation sites is 1. The van der Waals surface area contributed by atoms with Gasteiger partial charge in [0, 0.05) is 6.54 Å². The third-order valence-electron chi connectivity index (χ3n) is 5.27. The zero-order valence-electron chi connectivity index (χ0n) is 17.3. The van der Waals surface area contributed by atoms with E-state index in [2.05, 4.69) is 21.4 Å². The molecule has 5 rings (SSSR count). The maximum absolute atomic E-state index is 13.6. The van der Waals surface area contributed by atoms with Crippen molar-refractivity contribution in [3.05, 3.63) is 65.0 Å². The highest BCUT2D eigenvalue weighted by atomic mass is 19.1. The van der Waals surface area contributed by atoms with E-state index < -0.39 is 0 Å². The first-order valence-corrected chi connectivity index (χ1v) is 10.2. The van der Waals surface area contributed by atoms with E-state index in [4.69, 9.17) is 14.5 Å². The standard InChI is InChI=1S/C23H19FN6O2/c1-31-23-27-19-15(12-25)6-3-9-18(19)30(23)22-28-20(17-8-4-10-32-21(17)29-22)26-13-14-5-2-7-16(24)11-14/h2-3,5-7,9,11H,4,8,10,13H2,1H3,(H,26,28,29). The Kier molecular flexibility index (Phi) is 5.03. The summed E-state index contributed by atoms with van der Waals surface area (Å²) in [7, 11) is 1.50. The number of aromatic nitrogens is 4. The van der Waals surface area contributed by atoms with E-state index in [1.807, 2.05) is 12.1 Å². The SMILES string of the molecule is COc1nc2c(C#N)cccc2n1-c1nc(NCc2cccc(F)c2)c2c(n1)OCCC2. The molecule has 160 valence electrons. The number of methoxy groups -OCH3 is 1. The Balaban J connectivity index is 1.63. The maximum atomic E-state index is 13.6. The van der Waals surface area contributed by atoms with E-state index in [9.17, 15) is 9.65 Å². The molecule has 0 spiro atoms. The highest BCUT2D eigenvalue weighted by Gasteiger charge is 2.23. The van der Waals surface area contributed by atoms with Gasteiger partial charge in [-0.3, -0.25) is 0 Å². The number of nitrogens with zero attached hydrogens (tertiary/aromatic N) is 5. The molecule has 1 N–H and O–H groups in total. The van der Waals surface area contributed by atoms with Crippen molar-refractivity contribution < 1.29 is 13.9 Å². The van der Waals surface area contributed by atoms with Crippen LogP contribution in [-0.2, 0) is 13.0 Å². The summed E-state index contributed by atoms with van der Waals surface area (Å²) in [6, 6.07) is 14.1. The Hall–Kier alpha value is -4.19. The van der Waals surface area contributed by atoms with E-state index in [0.717, 1.165) is 24.0 Å². The normalized spacial score (nSPS) is 12.7. The van der Waals surface area contributed by atoms with Gasteiger partial charge >= 0.3 is 6.01 Å². The summed E-state index contributed by atoms with van der Waals surface area (Å²) in [5.41, 5.74) is 3.24. The van der Waals surface area contributed by atoms with Crippen molar-refractivity contribution in [2.45, 2.75) is 19.4 Å². The molecule has 0 saturated carbocycles. The van der Waals surface area contributed by atoms with E-state index in [-0.39, 0.29) is 11.8 Å². The van der Waals surface area contributed by atoms with Crippen molar-refractivity contribution in [1.82, 2.24) is 19.5 Å². The first-order valence-electron chi connectivity index (χ1n) is 10.2. The lowest BCUT2D eigenvalue weighted by atomic mass is 10.1. The van der Waals surface area contributed by atoms with Crippen LogP contribution in [0.4, 0.5) is 10.2 Å². The quantitative estimate of drug-likeness (QED) is 0.515. The van der Waals surface area contributed by atoms with Gasteiger partial charge in [0.2, 0.25) is 11.8 Å². The Morgan fingerprint density at radius 1 is 1.22 bits per heavy atom. The predicted molar refractivity (Wildman–Crippen MR) is 115 cm³/mol. The van der Waals surface area contributed by atoms with Gasteiger partial charge in [0.25, 0.3) is 0 Å². The smallest absolute Gasteiger partial charge is 0.304 e. The van der Waals surface area contributed by atoms with E-state index >= 15 is 0 Å². The van der Waals surface area contributed by atoms with Crippen molar-refractivity contribution in [3.63, 3.8) is 0 Å². The van der Waals surface area contributed by atoms with Crippen LogP contribution in [0, 0.1) is 17.1 Å². The molecule has 0 unspecified atom stereocenters. The Morgan fingerprint density at radius 3 is 2.91 bits per heavy atom. The Morgan fingerprint density at radius 2 is 2.09 bits per heavy atom. The van der Waals surface area contributed by atoms with Crippen LogP contribution in [0.5, 0.6) is 11.9 Å². The van der Waals surface area contributed by atoms with Gasteiger partial charge in [0.1, 0.15) is 23.2 Å². The minimum Gasteiger partial charge on any atom is -0.477 e. The molecule has 32 heavy (non-hydrogen) atoms. The van der Waals surface area contributed by atoms with E-state index in [1.54, 1.807) is 22.8 Å². The molecule has 8 nitrogen and oxygen atoms in total. The first kappa shape index (κ1) is 19.8. The van der Waals surface area contributed by atoms with Gasteiger partial charge in [0.15, 0.2) is 0 Å². The highest BCUT2D eigenvalue weighted by molar-refractivity contribution is 5.84. The number of hydrogen-bond acceptors (Lipinski definition) is 7. The zero-order chi connectivity index (χ0) is 22.1. The average Bonchev–Trinajstić information content (AvgIpc) is 3.21. The van der Waals surface area contributed by atoms with Crippen LogP contribution in [0.3, 0.4) is 0 Å². The summed E-state index contributed by atoms with van der Waals surface area (Å²) >= 11 is 0. The van der Waals surface area contributed by atoms with Gasteiger partial charge in [-0.05, 0) is 42.7 Å². The van der Waals surface area contributed by atoms with Crippen LogP contribution in [0.1, 0.15) is 23.1 Å². The lowest BCUT2D eigenvalue weighted by Gasteiger charge is -2.21. The summed E-state index contributed by atoms with van der Waals surface area (Å²) in [4.78, 5) is 13.8. The third kappa shape index (κ3) is 3.46. The summed E-state index contributed by atoms with van der Waals surface area (Å²) in [6.45, 7) is 0.953. The number of ether oxygens (including phenoxy) is 2. The van der Waals surface area contributed by atoms with Gasteiger partial charge < -0.3 is 14.8 Å². The summed E-state index contributed by atoms with van der Waals surface area (Å²) in [5, 5.41) is 12.8. The molecular formula is C23H19FN6O2. The molecule has 2 aromatic heterocycles. The van der Waals surface area contributed by atoms with E-state index in [1.165, 1.54) is 19.2 Å². The number of nitriles is 1. The second-order valence-electron chi connectivity index (χ2n) is 7.31. The van der Waals surface area contributed by atoms with Crippen LogP contribution in [0.2, 0.25) is 0 Å². The van der Waals surface area contributed by atoms with Crippen molar-refractivity contribution in [1.29, 1.82) is 5.26 Å². The number of rotatable bonds is 5. The van der Waals surface area contributed by atoms with Gasteiger partial charge in [-0.25, -0.2) is 8.96 Å². The number of imidazole rings is 1. The molecule has 0 fully saturated rings. The van der Waals surface area contributed by atoms with Crippen LogP contribution >= 0.6 is 0 Å². The number of hydrogen-bond donors (Lipinski definition) is 1. The molecular weight excluding hydrogens is 411 g/mol. The van der Waals surface area contributed by atoms with Gasteiger partial charge in [-0.15, -0.1) is 0 Å². The summed E-state index contributed by atoms with van der Waals surface area (Å²) in [5.74, 6) is 1.11. The molecule has 1 aliphatic rings. The predicted octanol–water partition coefficient (Wildman–Crippen LogP) is 3.77. The second-order valence-corrected chi connectivity index (χ2v) is 7.31. The number of benzene rings is 2. The lowest BCUT2D eigenvalue weighted by molar-refractivity contribution is 0.275. The van der Waals surface area contributed by atoms with Gasteiger partial charge in [0.05, 0.1) is 30.4 Å². The molecule has 0 aliphatic carbocycles. The molecule has 0 radical (unpaired) electrons.